The maximum atomic E-state index is 12.6. The Morgan fingerprint density at radius 3 is 2.79 bits per heavy atom. The second-order valence-corrected chi connectivity index (χ2v) is 7.58. The molecule has 1 N–H and O–H groups in total. The first-order valence-electron chi connectivity index (χ1n) is 9.77. The fourth-order valence-electron chi connectivity index (χ4n) is 3.81. The van der Waals surface area contributed by atoms with Crippen molar-refractivity contribution < 1.29 is 9.53 Å². The zero-order valence-corrected chi connectivity index (χ0v) is 16.7. The summed E-state index contributed by atoms with van der Waals surface area (Å²) in [4.78, 5) is 17.8. The minimum Gasteiger partial charge on any atom is -0.483 e. The van der Waals surface area contributed by atoms with Gasteiger partial charge in [0.05, 0.1) is 0 Å². The van der Waals surface area contributed by atoms with E-state index in [-0.39, 0.29) is 12.5 Å². The van der Waals surface area contributed by atoms with Crippen LogP contribution in [-0.2, 0) is 4.79 Å². The number of ether oxygens (including phenoxy) is 1. The van der Waals surface area contributed by atoms with E-state index in [2.05, 4.69) is 42.4 Å². The smallest absolute Gasteiger partial charge is 0.260 e. The molecule has 1 amide bonds. The SMILES string of the molecule is Cc1ccc(C)c(OCC(=O)N2CC=C(c3c[nH]c4c(C)cccc34)CC2)c1. The van der Waals surface area contributed by atoms with Crippen molar-refractivity contribution in [1.82, 2.24) is 9.88 Å². The summed E-state index contributed by atoms with van der Waals surface area (Å²) in [6.45, 7) is 7.57. The third-order valence-corrected chi connectivity index (χ3v) is 5.53. The molecule has 144 valence electrons. The molecule has 4 heteroatoms. The van der Waals surface area contributed by atoms with Crippen LogP contribution in [-0.4, -0.2) is 35.5 Å². The monoisotopic (exact) mass is 374 g/mol. The van der Waals surface area contributed by atoms with Crippen LogP contribution in [0.25, 0.3) is 16.5 Å². The van der Waals surface area contributed by atoms with Crippen LogP contribution < -0.4 is 4.74 Å². The number of fused-ring (bicyclic) bond motifs is 1. The highest BCUT2D eigenvalue weighted by atomic mass is 16.5. The van der Waals surface area contributed by atoms with Crippen LogP contribution in [0.2, 0.25) is 0 Å². The average Bonchev–Trinajstić information content (AvgIpc) is 3.14. The summed E-state index contributed by atoms with van der Waals surface area (Å²) < 4.78 is 5.79. The predicted molar refractivity (Wildman–Crippen MR) is 114 cm³/mol. The third kappa shape index (κ3) is 3.55. The van der Waals surface area contributed by atoms with Crippen LogP contribution >= 0.6 is 0 Å². The van der Waals surface area contributed by atoms with Crippen LogP contribution in [0.4, 0.5) is 0 Å². The maximum absolute atomic E-state index is 12.6. The summed E-state index contributed by atoms with van der Waals surface area (Å²) in [5.74, 6) is 0.821. The Kier molecular flexibility index (Phi) is 4.95. The maximum Gasteiger partial charge on any atom is 0.260 e. The van der Waals surface area contributed by atoms with Gasteiger partial charge in [-0.2, -0.15) is 0 Å². The Morgan fingerprint density at radius 1 is 1.14 bits per heavy atom. The van der Waals surface area contributed by atoms with E-state index in [0.717, 1.165) is 29.8 Å². The zero-order chi connectivity index (χ0) is 19.7. The lowest BCUT2D eigenvalue weighted by atomic mass is 9.98. The Labute approximate surface area is 165 Å². The number of hydrogen-bond donors (Lipinski definition) is 1. The molecule has 1 aliphatic rings. The Bertz CT molecular complexity index is 1060. The number of hydrogen-bond acceptors (Lipinski definition) is 2. The molecule has 0 atom stereocenters. The van der Waals surface area contributed by atoms with Crippen molar-refractivity contribution in [2.24, 2.45) is 0 Å². The van der Waals surface area contributed by atoms with Crippen molar-refractivity contribution in [2.45, 2.75) is 27.2 Å². The number of aryl methyl sites for hydroxylation is 3. The molecule has 0 radical (unpaired) electrons. The van der Waals surface area contributed by atoms with Gasteiger partial charge in [0, 0.05) is 35.8 Å². The standard InChI is InChI=1S/C24H26N2O2/c1-16-7-8-17(2)22(13-16)28-15-23(27)26-11-9-19(10-12-26)21-14-25-24-18(3)5-4-6-20(21)24/h4-9,13-14,25H,10-12,15H2,1-3H3. The van der Waals surface area contributed by atoms with Crippen molar-refractivity contribution in [3.8, 4) is 5.75 Å². The van der Waals surface area contributed by atoms with Gasteiger partial charge in [0.15, 0.2) is 6.61 Å². The summed E-state index contributed by atoms with van der Waals surface area (Å²) in [5.41, 5.74) is 7.18. The minimum absolute atomic E-state index is 0.0333. The number of rotatable bonds is 4. The second kappa shape index (κ2) is 7.55. The molecule has 0 saturated heterocycles. The third-order valence-electron chi connectivity index (χ3n) is 5.53. The molecule has 0 aliphatic carbocycles. The number of aromatic amines is 1. The quantitative estimate of drug-likeness (QED) is 0.714. The molecule has 0 fully saturated rings. The summed E-state index contributed by atoms with van der Waals surface area (Å²) in [6, 6.07) is 12.4. The second-order valence-electron chi connectivity index (χ2n) is 7.58. The van der Waals surface area contributed by atoms with Crippen molar-refractivity contribution in [1.29, 1.82) is 0 Å². The molecule has 4 rings (SSSR count). The van der Waals surface area contributed by atoms with E-state index < -0.39 is 0 Å². The van der Waals surface area contributed by atoms with E-state index in [9.17, 15) is 4.79 Å². The fourth-order valence-corrected chi connectivity index (χ4v) is 3.81. The molecule has 3 aromatic rings. The van der Waals surface area contributed by atoms with E-state index in [1.54, 1.807) is 0 Å². The van der Waals surface area contributed by atoms with Crippen LogP contribution in [0.15, 0.2) is 48.7 Å². The van der Waals surface area contributed by atoms with Gasteiger partial charge in [0.2, 0.25) is 0 Å². The van der Waals surface area contributed by atoms with E-state index in [1.165, 1.54) is 27.6 Å². The molecule has 0 unspecified atom stereocenters. The number of nitrogens with one attached hydrogen (secondary N) is 1. The predicted octanol–water partition coefficient (Wildman–Crippen LogP) is 4.79. The van der Waals surface area contributed by atoms with Crippen molar-refractivity contribution in [3.63, 3.8) is 0 Å². The number of carbonyl (C=O) groups is 1. The molecule has 0 saturated carbocycles. The van der Waals surface area contributed by atoms with Gasteiger partial charge in [-0.3, -0.25) is 4.79 Å². The van der Waals surface area contributed by atoms with Gasteiger partial charge in [-0.1, -0.05) is 36.4 Å². The average molecular weight is 374 g/mol. The molecule has 1 aromatic heterocycles. The van der Waals surface area contributed by atoms with Crippen molar-refractivity contribution in [2.75, 3.05) is 19.7 Å². The first-order chi connectivity index (χ1) is 13.5. The minimum atomic E-state index is 0.0333. The van der Waals surface area contributed by atoms with Gasteiger partial charge < -0.3 is 14.6 Å². The molecule has 2 heterocycles. The van der Waals surface area contributed by atoms with Gasteiger partial charge in [-0.25, -0.2) is 0 Å². The lowest BCUT2D eigenvalue weighted by Crippen LogP contribution is -2.37. The normalized spacial score (nSPS) is 14.2. The Balaban J connectivity index is 1.42. The first kappa shape index (κ1) is 18.4. The number of benzene rings is 2. The Hall–Kier alpha value is -3.01. The Morgan fingerprint density at radius 2 is 2.00 bits per heavy atom. The van der Waals surface area contributed by atoms with E-state index in [0.29, 0.717) is 6.54 Å². The van der Waals surface area contributed by atoms with Gasteiger partial charge >= 0.3 is 0 Å². The lowest BCUT2D eigenvalue weighted by Gasteiger charge is -2.26. The molecule has 1 aliphatic heterocycles. The van der Waals surface area contributed by atoms with Gasteiger partial charge in [-0.05, 0) is 55.5 Å². The van der Waals surface area contributed by atoms with E-state index in [1.807, 2.05) is 36.9 Å². The first-order valence-corrected chi connectivity index (χ1v) is 9.77. The summed E-state index contributed by atoms with van der Waals surface area (Å²) in [7, 11) is 0. The molecule has 28 heavy (non-hydrogen) atoms. The van der Waals surface area contributed by atoms with Crippen LogP contribution in [0, 0.1) is 20.8 Å². The summed E-state index contributed by atoms with van der Waals surface area (Å²) in [6.07, 6.45) is 5.12. The van der Waals surface area contributed by atoms with Gasteiger partial charge in [0.1, 0.15) is 5.75 Å². The zero-order valence-electron chi connectivity index (χ0n) is 16.7. The van der Waals surface area contributed by atoms with Crippen LogP contribution in [0.3, 0.4) is 0 Å². The molecule has 4 nitrogen and oxygen atoms in total. The molecule has 0 spiro atoms. The largest absolute Gasteiger partial charge is 0.483 e. The summed E-state index contributed by atoms with van der Waals surface area (Å²) in [5, 5.41) is 1.25. The summed E-state index contributed by atoms with van der Waals surface area (Å²) >= 11 is 0. The topological polar surface area (TPSA) is 45.3 Å². The van der Waals surface area contributed by atoms with E-state index >= 15 is 0 Å². The number of aromatic nitrogens is 1. The van der Waals surface area contributed by atoms with E-state index in [4.69, 9.17) is 4.74 Å². The van der Waals surface area contributed by atoms with Crippen molar-refractivity contribution in [3.05, 3.63) is 70.9 Å². The molecular formula is C24H26N2O2. The van der Waals surface area contributed by atoms with Crippen molar-refractivity contribution >= 4 is 22.4 Å². The van der Waals surface area contributed by atoms with Crippen LogP contribution in [0.1, 0.15) is 28.7 Å². The molecule has 0 bridgehead atoms. The number of carbonyl (C=O) groups excluding carboxylic acids is 1. The number of amides is 1. The van der Waals surface area contributed by atoms with Gasteiger partial charge in [0.25, 0.3) is 5.91 Å². The molecular weight excluding hydrogens is 348 g/mol. The highest BCUT2D eigenvalue weighted by molar-refractivity contribution is 5.94. The number of nitrogens with zero attached hydrogens (tertiary/aromatic N) is 1. The highest BCUT2D eigenvalue weighted by Gasteiger charge is 2.20. The lowest BCUT2D eigenvalue weighted by molar-refractivity contribution is -0.132. The molecule has 2 aromatic carbocycles. The fraction of sp³-hybridized carbons (Fsp3) is 0.292. The van der Waals surface area contributed by atoms with Crippen LogP contribution in [0.5, 0.6) is 5.75 Å². The highest BCUT2D eigenvalue weighted by Crippen LogP contribution is 2.30. The number of para-hydroxylation sites is 1. The number of H-pyrrole nitrogens is 1. The van der Waals surface area contributed by atoms with Gasteiger partial charge in [-0.15, -0.1) is 0 Å².